The largest absolute Gasteiger partial charge is 0.307 e. The first-order valence-corrected chi connectivity index (χ1v) is 7.85. The number of carbonyl (C=O) groups is 1. The molecule has 1 aromatic heterocycles. The molecule has 3 rings (SSSR count). The maximum Gasteiger partial charge on any atom is 0.259 e. The monoisotopic (exact) mass is 275 g/mol. The van der Waals surface area contributed by atoms with Gasteiger partial charge in [0.05, 0.1) is 11.3 Å². The average Bonchev–Trinajstić information content (AvgIpc) is 2.85. The van der Waals surface area contributed by atoms with Gasteiger partial charge >= 0.3 is 0 Å². The Balaban J connectivity index is 1.99. The second-order valence-electron chi connectivity index (χ2n) is 4.14. The van der Waals surface area contributed by atoms with E-state index in [1.165, 1.54) is 4.90 Å². The van der Waals surface area contributed by atoms with Crippen LogP contribution in [0.15, 0.2) is 46.0 Å². The van der Waals surface area contributed by atoms with E-state index < -0.39 is 0 Å². The van der Waals surface area contributed by atoms with Gasteiger partial charge in [0, 0.05) is 16.8 Å². The van der Waals surface area contributed by atoms with Gasteiger partial charge in [0.1, 0.15) is 0 Å². The van der Waals surface area contributed by atoms with Crippen LogP contribution in [0.25, 0.3) is 0 Å². The van der Waals surface area contributed by atoms with Crippen LogP contribution in [-0.4, -0.2) is 18.2 Å². The van der Waals surface area contributed by atoms with Gasteiger partial charge in [-0.3, -0.25) is 4.79 Å². The molecule has 0 aliphatic carbocycles. The Labute approximate surface area is 115 Å². The molecule has 0 radical (unpaired) electrons. The number of fused-ring (bicyclic) bond motifs is 1. The summed E-state index contributed by atoms with van der Waals surface area (Å²) in [4.78, 5) is 15.6. The number of benzene rings is 1. The van der Waals surface area contributed by atoms with Gasteiger partial charge in [-0.2, -0.15) is 11.3 Å². The quantitative estimate of drug-likeness (QED) is 0.787. The van der Waals surface area contributed by atoms with Crippen LogP contribution >= 0.6 is 23.1 Å². The molecule has 92 valence electrons. The lowest BCUT2D eigenvalue weighted by Gasteiger charge is -2.21. The predicted molar refractivity (Wildman–Crippen MR) is 77.8 cm³/mol. The molecule has 1 aliphatic rings. The highest BCUT2D eigenvalue weighted by Crippen LogP contribution is 2.34. The molecule has 0 spiro atoms. The van der Waals surface area contributed by atoms with E-state index in [2.05, 4.69) is 6.07 Å². The Kier molecular flexibility index (Phi) is 3.39. The van der Waals surface area contributed by atoms with Crippen molar-refractivity contribution in [2.45, 2.75) is 11.3 Å². The highest BCUT2D eigenvalue weighted by molar-refractivity contribution is 7.99. The summed E-state index contributed by atoms with van der Waals surface area (Å²) < 4.78 is 0. The van der Waals surface area contributed by atoms with E-state index in [4.69, 9.17) is 0 Å². The van der Waals surface area contributed by atoms with Crippen LogP contribution in [0.3, 0.4) is 0 Å². The minimum Gasteiger partial charge on any atom is -0.307 e. The van der Waals surface area contributed by atoms with Crippen LogP contribution in [0.4, 0.5) is 5.69 Å². The van der Waals surface area contributed by atoms with Gasteiger partial charge in [0.15, 0.2) is 0 Å². The maximum atomic E-state index is 12.5. The van der Waals surface area contributed by atoms with Gasteiger partial charge < -0.3 is 4.90 Å². The summed E-state index contributed by atoms with van der Waals surface area (Å²) in [5, 5.41) is 3.87. The van der Waals surface area contributed by atoms with Crippen LogP contribution in [0.2, 0.25) is 0 Å². The van der Waals surface area contributed by atoms with Crippen LogP contribution in [0.1, 0.15) is 16.8 Å². The fraction of sp³-hybridized carbons (Fsp3) is 0.214. The van der Waals surface area contributed by atoms with Crippen molar-refractivity contribution in [1.29, 1.82) is 0 Å². The summed E-state index contributed by atoms with van der Waals surface area (Å²) in [7, 11) is 0. The number of hydrogen-bond donors (Lipinski definition) is 0. The summed E-state index contributed by atoms with van der Waals surface area (Å²) in [6, 6.07) is 10.1. The molecule has 2 aromatic rings. The van der Waals surface area contributed by atoms with Gasteiger partial charge in [0.2, 0.25) is 0 Å². The zero-order valence-corrected chi connectivity index (χ0v) is 11.5. The van der Waals surface area contributed by atoms with Crippen molar-refractivity contribution in [2.24, 2.45) is 0 Å². The molecule has 0 unspecified atom stereocenters. The Morgan fingerprint density at radius 3 is 2.94 bits per heavy atom. The molecular formula is C14H13NOS2. The molecule has 0 bridgehead atoms. The van der Waals surface area contributed by atoms with E-state index >= 15 is 0 Å². The summed E-state index contributed by atoms with van der Waals surface area (Å²) >= 11 is 3.40. The maximum absolute atomic E-state index is 12.5. The molecule has 0 saturated heterocycles. The van der Waals surface area contributed by atoms with Crippen LogP contribution in [-0.2, 0) is 0 Å². The molecule has 0 fully saturated rings. The van der Waals surface area contributed by atoms with Crippen molar-refractivity contribution in [2.75, 3.05) is 17.2 Å². The van der Waals surface area contributed by atoms with Crippen molar-refractivity contribution < 1.29 is 4.79 Å². The zero-order valence-electron chi connectivity index (χ0n) is 9.83. The summed E-state index contributed by atoms with van der Waals surface area (Å²) in [5.74, 6) is 1.19. The number of nitrogens with zero attached hydrogens (tertiary/aromatic N) is 1. The van der Waals surface area contributed by atoms with Gasteiger partial charge in [-0.05, 0) is 35.8 Å². The van der Waals surface area contributed by atoms with E-state index in [0.29, 0.717) is 0 Å². The first kappa shape index (κ1) is 11.8. The smallest absolute Gasteiger partial charge is 0.259 e. The van der Waals surface area contributed by atoms with E-state index in [1.54, 1.807) is 11.3 Å². The lowest BCUT2D eigenvalue weighted by atomic mass is 10.2. The fourth-order valence-electron chi connectivity index (χ4n) is 2.08. The normalized spacial score (nSPS) is 15.0. The van der Waals surface area contributed by atoms with Crippen molar-refractivity contribution in [3.05, 3.63) is 46.7 Å². The van der Waals surface area contributed by atoms with E-state index in [1.807, 2.05) is 51.7 Å². The third-order valence-electron chi connectivity index (χ3n) is 2.95. The number of para-hydroxylation sites is 1. The summed E-state index contributed by atoms with van der Waals surface area (Å²) in [6.07, 6.45) is 1.04. The van der Waals surface area contributed by atoms with Crippen LogP contribution < -0.4 is 4.90 Å². The first-order valence-electron chi connectivity index (χ1n) is 5.92. The van der Waals surface area contributed by atoms with Gasteiger partial charge in [0.25, 0.3) is 5.91 Å². The fourth-order valence-corrected chi connectivity index (χ4v) is 3.70. The molecule has 0 atom stereocenters. The molecule has 2 nitrogen and oxygen atoms in total. The van der Waals surface area contributed by atoms with E-state index in [-0.39, 0.29) is 5.91 Å². The van der Waals surface area contributed by atoms with Crippen molar-refractivity contribution in [3.8, 4) is 0 Å². The summed E-state index contributed by atoms with van der Waals surface area (Å²) in [6.45, 7) is 0.804. The number of thiophene rings is 1. The zero-order chi connectivity index (χ0) is 12.4. The van der Waals surface area contributed by atoms with E-state index in [9.17, 15) is 4.79 Å². The third-order valence-corrected chi connectivity index (χ3v) is 4.79. The van der Waals surface area contributed by atoms with Crippen molar-refractivity contribution >= 4 is 34.7 Å². The number of anilines is 1. The minimum absolute atomic E-state index is 0.117. The van der Waals surface area contributed by atoms with Crippen LogP contribution in [0, 0.1) is 0 Å². The minimum atomic E-state index is 0.117. The van der Waals surface area contributed by atoms with Gasteiger partial charge in [-0.25, -0.2) is 0 Å². The first-order chi connectivity index (χ1) is 8.86. The molecule has 2 heterocycles. The lowest BCUT2D eigenvalue weighted by molar-refractivity contribution is 0.0987. The third kappa shape index (κ3) is 2.18. The Bertz CT molecular complexity index is 551. The number of thioether (sulfide) groups is 1. The number of rotatable bonds is 1. The van der Waals surface area contributed by atoms with Crippen molar-refractivity contribution in [1.82, 2.24) is 0 Å². The number of amides is 1. The molecule has 0 saturated carbocycles. The molecule has 0 N–H and O–H groups in total. The molecule has 18 heavy (non-hydrogen) atoms. The molecule has 4 heteroatoms. The Morgan fingerprint density at radius 2 is 2.11 bits per heavy atom. The number of carbonyl (C=O) groups excluding carboxylic acids is 1. The lowest BCUT2D eigenvalue weighted by Crippen LogP contribution is -2.31. The summed E-state index contributed by atoms with van der Waals surface area (Å²) in [5.41, 5.74) is 1.85. The second-order valence-corrected chi connectivity index (χ2v) is 6.06. The average molecular weight is 275 g/mol. The van der Waals surface area contributed by atoms with E-state index in [0.717, 1.165) is 30.0 Å². The predicted octanol–water partition coefficient (Wildman–Crippen LogP) is 3.89. The van der Waals surface area contributed by atoms with Crippen molar-refractivity contribution in [3.63, 3.8) is 0 Å². The second kappa shape index (κ2) is 5.16. The topological polar surface area (TPSA) is 20.3 Å². The number of hydrogen-bond acceptors (Lipinski definition) is 3. The molecule has 1 aromatic carbocycles. The molecular weight excluding hydrogens is 262 g/mol. The van der Waals surface area contributed by atoms with Gasteiger partial charge in [-0.1, -0.05) is 12.1 Å². The van der Waals surface area contributed by atoms with Crippen LogP contribution in [0.5, 0.6) is 0 Å². The Morgan fingerprint density at radius 1 is 1.22 bits per heavy atom. The standard InChI is InChI=1S/C14H13NOS2/c16-14(11-6-9-17-10-11)15-7-3-8-18-13-5-2-1-4-12(13)15/h1-2,4-6,9-10H,3,7-8H2. The molecule has 1 aliphatic heterocycles. The van der Waals surface area contributed by atoms with Gasteiger partial charge in [-0.15, -0.1) is 11.8 Å². The highest BCUT2D eigenvalue weighted by Gasteiger charge is 2.22. The Hall–Kier alpha value is -1.26. The SMILES string of the molecule is O=C(c1ccsc1)N1CCCSc2ccccc21. The highest BCUT2D eigenvalue weighted by atomic mass is 32.2. The molecule has 1 amide bonds.